The van der Waals surface area contributed by atoms with Crippen LogP contribution in [0, 0.1) is 0 Å². The van der Waals surface area contributed by atoms with Crippen molar-refractivity contribution in [3.8, 4) is 51.0 Å². The molecule has 0 aliphatic carbocycles. The van der Waals surface area contributed by atoms with Crippen LogP contribution in [0.2, 0.25) is 0 Å². The third kappa shape index (κ3) is 5.22. The van der Waals surface area contributed by atoms with Crippen LogP contribution < -0.4 is 0 Å². The zero-order valence-electron chi connectivity index (χ0n) is 30.4. The van der Waals surface area contributed by atoms with Crippen molar-refractivity contribution in [3.63, 3.8) is 0 Å². The molecule has 4 aromatic heterocycles. The van der Waals surface area contributed by atoms with E-state index >= 15 is 0 Å². The quantitative estimate of drug-likeness (QED) is 0.175. The normalized spacial score (nSPS) is 11.9. The molecular weight excluding hydrogens is 733 g/mol. The van der Waals surface area contributed by atoms with Crippen LogP contribution in [-0.2, 0) is 0 Å². The zero-order valence-corrected chi connectivity index (χ0v) is 32.1. The molecule has 57 heavy (non-hydrogen) atoms. The van der Waals surface area contributed by atoms with E-state index in [1.165, 1.54) is 73.3 Å². The highest BCUT2D eigenvalue weighted by atomic mass is 32.1. The summed E-state index contributed by atoms with van der Waals surface area (Å²) < 4.78 is 7.51. The van der Waals surface area contributed by atoms with Gasteiger partial charge in [0.05, 0.1) is 11.0 Å². The average molecular weight is 763 g/mol. The summed E-state index contributed by atoms with van der Waals surface area (Å²) in [5, 5.41) is 7.64. The number of rotatable bonds is 5. The number of hydrogen-bond acceptors (Lipinski definition) is 5. The molecule has 4 heterocycles. The summed E-state index contributed by atoms with van der Waals surface area (Å²) in [6.07, 6.45) is 0. The monoisotopic (exact) mass is 762 g/mol. The second-order valence-corrected chi connectivity index (χ2v) is 16.6. The van der Waals surface area contributed by atoms with Crippen molar-refractivity contribution in [2.75, 3.05) is 0 Å². The molecule has 12 rings (SSSR count). The highest BCUT2D eigenvalue weighted by Crippen LogP contribution is 2.45. The van der Waals surface area contributed by atoms with Crippen LogP contribution in [0.5, 0.6) is 0 Å². The van der Waals surface area contributed by atoms with E-state index in [2.05, 4.69) is 126 Å². The second kappa shape index (κ2) is 12.8. The van der Waals surface area contributed by atoms with Gasteiger partial charge < -0.3 is 4.57 Å². The molecule has 8 aromatic carbocycles. The molecular formula is C51H30N4S2. The molecule has 0 aliphatic heterocycles. The van der Waals surface area contributed by atoms with Gasteiger partial charge in [0.1, 0.15) is 0 Å². The number of hydrogen-bond donors (Lipinski definition) is 0. The molecule has 0 saturated heterocycles. The van der Waals surface area contributed by atoms with Crippen LogP contribution in [0.15, 0.2) is 182 Å². The summed E-state index contributed by atoms with van der Waals surface area (Å²) in [5.74, 6) is 1.99. The number of benzene rings is 8. The molecule has 0 fully saturated rings. The van der Waals surface area contributed by atoms with Crippen LogP contribution in [0.4, 0.5) is 0 Å². The molecule has 266 valence electrons. The predicted octanol–water partition coefficient (Wildman–Crippen LogP) is 14.4. The number of fused-ring (bicyclic) bond motifs is 9. The van der Waals surface area contributed by atoms with E-state index in [4.69, 9.17) is 15.0 Å². The van der Waals surface area contributed by atoms with Gasteiger partial charge in [-0.05, 0) is 65.7 Å². The maximum Gasteiger partial charge on any atom is 0.164 e. The van der Waals surface area contributed by atoms with E-state index in [9.17, 15) is 0 Å². The minimum Gasteiger partial charge on any atom is -0.309 e. The second-order valence-electron chi connectivity index (χ2n) is 14.4. The van der Waals surface area contributed by atoms with E-state index in [1.54, 1.807) is 0 Å². The van der Waals surface area contributed by atoms with Gasteiger partial charge in [0.25, 0.3) is 0 Å². The third-order valence-corrected chi connectivity index (χ3v) is 13.3. The van der Waals surface area contributed by atoms with Crippen LogP contribution in [-0.4, -0.2) is 19.5 Å². The van der Waals surface area contributed by atoms with Crippen LogP contribution in [0.3, 0.4) is 0 Å². The maximum absolute atomic E-state index is 5.02. The van der Waals surface area contributed by atoms with Gasteiger partial charge in [0.15, 0.2) is 17.5 Å². The Morgan fingerprint density at radius 1 is 0.333 bits per heavy atom. The Hall–Kier alpha value is -6.99. The van der Waals surface area contributed by atoms with E-state index in [-0.39, 0.29) is 0 Å². The first-order chi connectivity index (χ1) is 28.2. The van der Waals surface area contributed by atoms with Crippen molar-refractivity contribution in [2.45, 2.75) is 0 Å². The fourth-order valence-corrected chi connectivity index (χ4v) is 10.7. The summed E-state index contributed by atoms with van der Waals surface area (Å²) in [7, 11) is 0. The molecule has 0 saturated carbocycles. The zero-order chi connectivity index (χ0) is 37.5. The van der Waals surface area contributed by atoms with Gasteiger partial charge >= 0.3 is 0 Å². The van der Waals surface area contributed by atoms with Gasteiger partial charge in [-0.1, -0.05) is 127 Å². The lowest BCUT2D eigenvalue weighted by Gasteiger charge is -2.09. The first-order valence-electron chi connectivity index (χ1n) is 19.0. The van der Waals surface area contributed by atoms with E-state index in [0.29, 0.717) is 17.5 Å². The Labute approximate surface area is 335 Å². The number of aromatic nitrogens is 4. The molecule has 0 amide bonds. The fraction of sp³-hybridized carbons (Fsp3) is 0. The standard InChI is InChI=1S/C51H30N4S2/c1-4-13-31(14-5-1)49-52-50(32-15-6-2-7-16-32)54-51(53-49)34-23-25-38-46(28-34)57-45-22-12-20-36(48(38)45)33-24-26-42-39(27-33)40-30-47-41(37-19-10-11-21-44(37)56-47)29-43(40)55(42)35-17-8-3-9-18-35/h1-30H. The Morgan fingerprint density at radius 2 is 0.930 bits per heavy atom. The van der Waals surface area contributed by atoms with Gasteiger partial charge in [0, 0.05) is 73.5 Å². The van der Waals surface area contributed by atoms with E-state index < -0.39 is 0 Å². The fourth-order valence-electron chi connectivity index (χ4n) is 8.40. The van der Waals surface area contributed by atoms with Crippen LogP contribution >= 0.6 is 22.7 Å². The molecule has 0 spiro atoms. The van der Waals surface area contributed by atoms with Crippen LogP contribution in [0.25, 0.3) is 113 Å². The van der Waals surface area contributed by atoms with Crippen molar-refractivity contribution in [1.82, 2.24) is 19.5 Å². The minimum absolute atomic E-state index is 0.662. The maximum atomic E-state index is 5.02. The van der Waals surface area contributed by atoms with Crippen molar-refractivity contribution in [2.24, 2.45) is 0 Å². The van der Waals surface area contributed by atoms with Crippen molar-refractivity contribution < 1.29 is 0 Å². The van der Waals surface area contributed by atoms with Crippen LogP contribution in [0.1, 0.15) is 0 Å². The molecule has 0 unspecified atom stereocenters. The van der Waals surface area contributed by atoms with E-state index in [0.717, 1.165) is 22.4 Å². The summed E-state index contributed by atoms with van der Waals surface area (Å²) in [6, 6.07) is 65.0. The molecule has 4 nitrogen and oxygen atoms in total. The SMILES string of the molecule is c1ccc(-c2nc(-c3ccccc3)nc(-c3ccc4c(c3)sc3cccc(-c5ccc6c(c5)c5cc7sc8ccccc8c7cc5n6-c5ccccc5)c34)n2)cc1. The Kier molecular flexibility index (Phi) is 7.24. The summed E-state index contributed by atoms with van der Waals surface area (Å²) in [4.78, 5) is 14.9. The van der Waals surface area contributed by atoms with Gasteiger partial charge in [-0.25, -0.2) is 15.0 Å². The third-order valence-electron chi connectivity index (χ3n) is 11.0. The van der Waals surface area contributed by atoms with Gasteiger partial charge in [-0.15, -0.1) is 22.7 Å². The number of thiophene rings is 2. The first kappa shape index (κ1) is 32.3. The Morgan fingerprint density at radius 3 is 1.68 bits per heavy atom. The summed E-state index contributed by atoms with van der Waals surface area (Å²) in [5.41, 5.74) is 8.92. The van der Waals surface area contributed by atoms with Crippen molar-refractivity contribution >= 4 is 84.8 Å². The number of para-hydroxylation sites is 1. The molecule has 0 aliphatic rings. The molecule has 0 radical (unpaired) electrons. The van der Waals surface area contributed by atoms with Gasteiger partial charge in [-0.2, -0.15) is 0 Å². The van der Waals surface area contributed by atoms with Crippen molar-refractivity contribution in [1.29, 1.82) is 0 Å². The van der Waals surface area contributed by atoms with E-state index in [1.807, 2.05) is 83.3 Å². The predicted molar refractivity (Wildman–Crippen MR) is 242 cm³/mol. The highest BCUT2D eigenvalue weighted by molar-refractivity contribution is 7.26. The largest absolute Gasteiger partial charge is 0.309 e. The lowest BCUT2D eigenvalue weighted by molar-refractivity contribution is 1.07. The Balaban J connectivity index is 1.03. The molecule has 6 heteroatoms. The highest BCUT2D eigenvalue weighted by Gasteiger charge is 2.19. The average Bonchev–Trinajstić information content (AvgIpc) is 3.95. The first-order valence-corrected chi connectivity index (χ1v) is 20.6. The minimum atomic E-state index is 0.662. The smallest absolute Gasteiger partial charge is 0.164 e. The molecule has 0 bridgehead atoms. The van der Waals surface area contributed by atoms with Gasteiger partial charge in [0.2, 0.25) is 0 Å². The summed E-state index contributed by atoms with van der Waals surface area (Å²) in [6.45, 7) is 0. The molecule has 0 atom stereocenters. The topological polar surface area (TPSA) is 43.6 Å². The number of nitrogens with zero attached hydrogens (tertiary/aromatic N) is 4. The molecule has 12 aromatic rings. The summed E-state index contributed by atoms with van der Waals surface area (Å²) >= 11 is 3.69. The lowest BCUT2D eigenvalue weighted by Crippen LogP contribution is -1.99. The van der Waals surface area contributed by atoms with Crippen molar-refractivity contribution in [3.05, 3.63) is 182 Å². The molecule has 0 N–H and O–H groups in total. The lowest BCUT2D eigenvalue weighted by atomic mass is 9.97. The van der Waals surface area contributed by atoms with Gasteiger partial charge in [-0.3, -0.25) is 0 Å². The Bertz CT molecular complexity index is 3450.